The summed E-state index contributed by atoms with van der Waals surface area (Å²) < 4.78 is 4.97. The molecule has 2 aromatic carbocycles. The van der Waals surface area contributed by atoms with Crippen LogP contribution in [0.1, 0.15) is 11.1 Å². The van der Waals surface area contributed by atoms with E-state index in [1.54, 1.807) is 25.1 Å². The molecule has 1 heterocycles. The van der Waals surface area contributed by atoms with Crippen LogP contribution in [0.25, 0.3) is 11.4 Å². The van der Waals surface area contributed by atoms with E-state index in [-0.39, 0.29) is 6.54 Å². The minimum Gasteiger partial charge on any atom is -0.454 e. The Morgan fingerprint density at radius 3 is 2.64 bits per heavy atom. The quantitative estimate of drug-likeness (QED) is 0.640. The fourth-order valence-corrected chi connectivity index (χ4v) is 2.54. The number of nitrogens with zero attached hydrogens (tertiary/aromatic N) is 4. The SMILES string of the molecule is Cc1ccc(-c2nnn(CC(=O)OCC(=O)Nc3cccc(Cl)c3C)n2)cc1. The summed E-state index contributed by atoms with van der Waals surface area (Å²) >= 11 is 6.01. The summed E-state index contributed by atoms with van der Waals surface area (Å²) in [7, 11) is 0. The molecule has 1 N–H and O–H groups in total. The number of rotatable bonds is 6. The van der Waals surface area contributed by atoms with Gasteiger partial charge in [0.25, 0.3) is 5.91 Å². The van der Waals surface area contributed by atoms with E-state index in [1.807, 2.05) is 31.2 Å². The smallest absolute Gasteiger partial charge is 0.330 e. The number of hydrogen-bond donors (Lipinski definition) is 1. The number of aryl methyl sites for hydroxylation is 1. The number of nitrogens with one attached hydrogen (secondary N) is 1. The summed E-state index contributed by atoms with van der Waals surface area (Å²) in [4.78, 5) is 25.0. The molecule has 3 aromatic rings. The molecular weight excluding hydrogens is 382 g/mol. The number of anilines is 1. The molecule has 0 fully saturated rings. The van der Waals surface area contributed by atoms with Gasteiger partial charge in [0.2, 0.25) is 5.82 Å². The van der Waals surface area contributed by atoms with Crippen molar-refractivity contribution in [3.8, 4) is 11.4 Å². The Kier molecular flexibility index (Phi) is 6.00. The van der Waals surface area contributed by atoms with Gasteiger partial charge in [-0.2, -0.15) is 4.80 Å². The molecular formula is C19H18ClN5O3. The molecule has 1 amide bonds. The van der Waals surface area contributed by atoms with Crippen LogP contribution >= 0.6 is 11.6 Å². The lowest BCUT2D eigenvalue weighted by Crippen LogP contribution is -2.24. The van der Waals surface area contributed by atoms with Crippen LogP contribution in [0.4, 0.5) is 5.69 Å². The second-order valence-electron chi connectivity index (χ2n) is 6.13. The van der Waals surface area contributed by atoms with Gasteiger partial charge < -0.3 is 10.1 Å². The fourth-order valence-electron chi connectivity index (χ4n) is 2.36. The van der Waals surface area contributed by atoms with E-state index in [0.717, 1.165) is 21.5 Å². The van der Waals surface area contributed by atoms with Gasteiger partial charge in [0.05, 0.1) is 0 Å². The number of esters is 1. The zero-order valence-corrected chi connectivity index (χ0v) is 16.1. The van der Waals surface area contributed by atoms with E-state index < -0.39 is 18.5 Å². The lowest BCUT2D eigenvalue weighted by molar-refractivity contribution is -0.148. The largest absolute Gasteiger partial charge is 0.454 e. The second kappa shape index (κ2) is 8.62. The number of ether oxygens (including phenoxy) is 1. The molecule has 28 heavy (non-hydrogen) atoms. The average Bonchev–Trinajstić information content (AvgIpc) is 3.13. The Balaban J connectivity index is 1.51. The predicted molar refractivity (Wildman–Crippen MR) is 104 cm³/mol. The highest BCUT2D eigenvalue weighted by Gasteiger charge is 2.13. The molecule has 1 aromatic heterocycles. The number of halogens is 1. The van der Waals surface area contributed by atoms with E-state index in [9.17, 15) is 9.59 Å². The highest BCUT2D eigenvalue weighted by molar-refractivity contribution is 6.31. The Morgan fingerprint density at radius 2 is 1.89 bits per heavy atom. The van der Waals surface area contributed by atoms with E-state index in [4.69, 9.17) is 16.3 Å². The topological polar surface area (TPSA) is 99.0 Å². The zero-order chi connectivity index (χ0) is 20.1. The van der Waals surface area contributed by atoms with E-state index in [0.29, 0.717) is 16.5 Å². The van der Waals surface area contributed by atoms with Crippen LogP contribution in [0.2, 0.25) is 5.02 Å². The maximum Gasteiger partial charge on any atom is 0.330 e. The van der Waals surface area contributed by atoms with Gasteiger partial charge in [-0.1, -0.05) is 47.5 Å². The molecule has 0 aliphatic rings. The number of tetrazole rings is 1. The van der Waals surface area contributed by atoms with Gasteiger partial charge in [-0.05, 0) is 36.8 Å². The predicted octanol–water partition coefficient (Wildman–Crippen LogP) is 2.79. The van der Waals surface area contributed by atoms with Crippen LogP contribution in [-0.2, 0) is 20.9 Å². The number of hydrogen-bond acceptors (Lipinski definition) is 6. The lowest BCUT2D eigenvalue weighted by Gasteiger charge is -2.09. The molecule has 0 saturated heterocycles. The average molecular weight is 400 g/mol. The summed E-state index contributed by atoms with van der Waals surface area (Å²) in [6.07, 6.45) is 0. The van der Waals surface area contributed by atoms with Gasteiger partial charge in [-0.3, -0.25) is 4.79 Å². The maximum absolute atomic E-state index is 12.0. The zero-order valence-electron chi connectivity index (χ0n) is 15.3. The highest BCUT2D eigenvalue weighted by Crippen LogP contribution is 2.22. The van der Waals surface area contributed by atoms with Gasteiger partial charge >= 0.3 is 5.97 Å². The molecule has 0 radical (unpaired) electrons. The van der Waals surface area contributed by atoms with E-state index in [2.05, 4.69) is 20.7 Å². The van der Waals surface area contributed by atoms with Gasteiger partial charge in [0.1, 0.15) is 0 Å². The number of amides is 1. The van der Waals surface area contributed by atoms with Crippen LogP contribution in [0.15, 0.2) is 42.5 Å². The van der Waals surface area contributed by atoms with Crippen LogP contribution in [-0.4, -0.2) is 38.7 Å². The molecule has 9 heteroatoms. The molecule has 3 rings (SSSR count). The first-order valence-corrected chi connectivity index (χ1v) is 8.85. The van der Waals surface area contributed by atoms with Crippen LogP contribution in [0, 0.1) is 13.8 Å². The number of carbonyl (C=O) groups excluding carboxylic acids is 2. The van der Waals surface area contributed by atoms with Crippen LogP contribution < -0.4 is 5.32 Å². The third kappa shape index (κ3) is 4.92. The minimum atomic E-state index is -0.647. The molecule has 0 aliphatic heterocycles. The van der Waals surface area contributed by atoms with Crippen LogP contribution in [0.5, 0.6) is 0 Å². The molecule has 0 bridgehead atoms. The first kappa shape index (κ1) is 19.5. The standard InChI is InChI=1S/C19H18ClN5O3/c1-12-6-8-14(9-7-12)19-22-24-25(23-19)10-18(27)28-11-17(26)21-16-5-3-4-15(20)13(16)2/h3-9H,10-11H2,1-2H3,(H,21,26). The third-order valence-corrected chi connectivity index (χ3v) is 4.35. The summed E-state index contributed by atoms with van der Waals surface area (Å²) in [5, 5.41) is 15.1. The summed E-state index contributed by atoms with van der Waals surface area (Å²) in [5.41, 5.74) is 3.21. The summed E-state index contributed by atoms with van der Waals surface area (Å²) in [5.74, 6) is -0.710. The Morgan fingerprint density at radius 1 is 1.14 bits per heavy atom. The molecule has 0 atom stereocenters. The van der Waals surface area contributed by atoms with Crippen LogP contribution in [0.3, 0.4) is 0 Å². The molecule has 8 nitrogen and oxygen atoms in total. The van der Waals surface area contributed by atoms with Gasteiger partial charge in [-0.15, -0.1) is 10.2 Å². The van der Waals surface area contributed by atoms with E-state index in [1.165, 1.54) is 0 Å². The first-order chi connectivity index (χ1) is 13.4. The minimum absolute atomic E-state index is 0.248. The van der Waals surface area contributed by atoms with E-state index >= 15 is 0 Å². The first-order valence-electron chi connectivity index (χ1n) is 8.48. The lowest BCUT2D eigenvalue weighted by atomic mass is 10.1. The van der Waals surface area contributed by atoms with Crippen molar-refractivity contribution in [1.82, 2.24) is 20.2 Å². The number of carbonyl (C=O) groups is 2. The Hall–Kier alpha value is -3.26. The fraction of sp³-hybridized carbons (Fsp3) is 0.211. The molecule has 0 unspecified atom stereocenters. The Bertz CT molecular complexity index is 1000. The monoisotopic (exact) mass is 399 g/mol. The molecule has 144 valence electrons. The van der Waals surface area contributed by atoms with Crippen molar-refractivity contribution in [3.63, 3.8) is 0 Å². The summed E-state index contributed by atoms with van der Waals surface area (Å²) in [6, 6.07) is 12.8. The third-order valence-electron chi connectivity index (χ3n) is 3.94. The van der Waals surface area contributed by atoms with Gasteiger partial charge in [0.15, 0.2) is 13.2 Å². The molecule has 0 saturated carbocycles. The second-order valence-corrected chi connectivity index (χ2v) is 6.54. The van der Waals surface area contributed by atoms with Crippen molar-refractivity contribution in [2.45, 2.75) is 20.4 Å². The maximum atomic E-state index is 12.0. The van der Waals surface area contributed by atoms with Crippen molar-refractivity contribution in [1.29, 1.82) is 0 Å². The van der Waals surface area contributed by atoms with Crippen molar-refractivity contribution < 1.29 is 14.3 Å². The van der Waals surface area contributed by atoms with Crippen molar-refractivity contribution in [3.05, 3.63) is 58.6 Å². The molecule has 0 spiro atoms. The number of aromatic nitrogens is 4. The molecule has 0 aliphatic carbocycles. The number of benzene rings is 2. The highest BCUT2D eigenvalue weighted by atomic mass is 35.5. The van der Waals surface area contributed by atoms with Gasteiger partial charge in [-0.25, -0.2) is 4.79 Å². The van der Waals surface area contributed by atoms with Crippen molar-refractivity contribution >= 4 is 29.2 Å². The summed E-state index contributed by atoms with van der Waals surface area (Å²) in [6.45, 7) is 3.09. The Labute approximate surface area is 166 Å². The van der Waals surface area contributed by atoms with Crippen molar-refractivity contribution in [2.24, 2.45) is 0 Å². The van der Waals surface area contributed by atoms with Crippen molar-refractivity contribution in [2.75, 3.05) is 11.9 Å². The normalized spacial score (nSPS) is 10.5. The van der Waals surface area contributed by atoms with Gasteiger partial charge in [0, 0.05) is 16.3 Å².